The number of carbonyl (C=O) groups is 1. The van der Waals surface area contributed by atoms with Crippen LogP contribution in [0, 0.1) is 5.92 Å². The van der Waals surface area contributed by atoms with Gasteiger partial charge in [0.1, 0.15) is 0 Å². The van der Waals surface area contributed by atoms with Crippen molar-refractivity contribution in [2.24, 2.45) is 5.92 Å². The Kier molecular flexibility index (Phi) is 7.67. The highest BCUT2D eigenvalue weighted by atomic mass is 35.5. The fourth-order valence-electron chi connectivity index (χ4n) is 2.54. The van der Waals surface area contributed by atoms with Gasteiger partial charge in [0.2, 0.25) is 5.91 Å². The van der Waals surface area contributed by atoms with Crippen LogP contribution in [0.1, 0.15) is 58.3 Å². The molecular weight excluding hydrogens is 234 g/mol. The van der Waals surface area contributed by atoms with Crippen LogP contribution in [0.25, 0.3) is 0 Å². The van der Waals surface area contributed by atoms with E-state index >= 15 is 0 Å². The van der Waals surface area contributed by atoms with E-state index in [4.69, 9.17) is 11.6 Å². The van der Waals surface area contributed by atoms with Crippen LogP contribution in [0.5, 0.6) is 0 Å². The summed E-state index contributed by atoms with van der Waals surface area (Å²) in [6.45, 7) is 4.11. The molecule has 0 saturated carbocycles. The normalized spacial score (nSPS) is 20.6. The van der Waals surface area contributed by atoms with Crippen molar-refractivity contribution in [3.63, 3.8) is 0 Å². The van der Waals surface area contributed by atoms with E-state index in [0.29, 0.717) is 11.8 Å². The van der Waals surface area contributed by atoms with E-state index < -0.39 is 0 Å². The van der Waals surface area contributed by atoms with Crippen molar-refractivity contribution in [2.45, 2.75) is 58.3 Å². The molecule has 2 nitrogen and oxygen atoms in total. The highest BCUT2D eigenvalue weighted by Gasteiger charge is 2.22. The highest BCUT2D eigenvalue weighted by Crippen LogP contribution is 2.21. The SMILES string of the molecule is CCCCCCC(=O)N1CCCC(CCCl)C1. The zero-order valence-electron chi connectivity index (χ0n) is 11.1. The van der Waals surface area contributed by atoms with Gasteiger partial charge in [-0.15, -0.1) is 11.6 Å². The molecule has 1 saturated heterocycles. The Labute approximate surface area is 111 Å². The van der Waals surface area contributed by atoms with Gasteiger partial charge in [-0.05, 0) is 31.6 Å². The largest absolute Gasteiger partial charge is 0.342 e. The van der Waals surface area contributed by atoms with Gasteiger partial charge in [0, 0.05) is 25.4 Å². The van der Waals surface area contributed by atoms with Gasteiger partial charge in [-0.25, -0.2) is 0 Å². The summed E-state index contributed by atoms with van der Waals surface area (Å²) in [5.41, 5.74) is 0. The first-order valence-electron chi connectivity index (χ1n) is 7.11. The molecule has 1 atom stereocenters. The van der Waals surface area contributed by atoms with Crippen molar-refractivity contribution in [3.05, 3.63) is 0 Å². The molecule has 17 heavy (non-hydrogen) atoms. The molecule has 0 aromatic heterocycles. The van der Waals surface area contributed by atoms with E-state index in [1.165, 1.54) is 25.7 Å². The topological polar surface area (TPSA) is 20.3 Å². The molecule has 1 aliphatic rings. The van der Waals surface area contributed by atoms with Crippen LogP contribution in [0.3, 0.4) is 0 Å². The lowest BCUT2D eigenvalue weighted by atomic mass is 9.95. The second-order valence-electron chi connectivity index (χ2n) is 5.14. The third-order valence-electron chi connectivity index (χ3n) is 3.63. The summed E-state index contributed by atoms with van der Waals surface area (Å²) in [5.74, 6) is 1.73. The van der Waals surface area contributed by atoms with Gasteiger partial charge < -0.3 is 4.90 Å². The lowest BCUT2D eigenvalue weighted by molar-refractivity contribution is -0.133. The molecule has 0 N–H and O–H groups in total. The number of likely N-dealkylation sites (tertiary alicyclic amines) is 1. The van der Waals surface area contributed by atoms with Crippen molar-refractivity contribution in [1.82, 2.24) is 4.90 Å². The Bertz CT molecular complexity index is 218. The smallest absolute Gasteiger partial charge is 0.222 e. The maximum Gasteiger partial charge on any atom is 0.222 e. The van der Waals surface area contributed by atoms with Crippen LogP contribution in [0.4, 0.5) is 0 Å². The van der Waals surface area contributed by atoms with E-state index in [9.17, 15) is 4.79 Å². The molecule has 1 fully saturated rings. The van der Waals surface area contributed by atoms with Gasteiger partial charge in [0.15, 0.2) is 0 Å². The summed E-state index contributed by atoms with van der Waals surface area (Å²) in [6, 6.07) is 0. The lowest BCUT2D eigenvalue weighted by Gasteiger charge is -2.32. The van der Waals surface area contributed by atoms with Gasteiger partial charge in [-0.2, -0.15) is 0 Å². The Morgan fingerprint density at radius 3 is 2.88 bits per heavy atom. The fourth-order valence-corrected chi connectivity index (χ4v) is 2.85. The number of carbonyl (C=O) groups excluding carboxylic acids is 1. The Morgan fingerprint density at radius 1 is 1.35 bits per heavy atom. The summed E-state index contributed by atoms with van der Waals surface area (Å²) in [6.07, 6.45) is 8.94. The molecule has 100 valence electrons. The van der Waals surface area contributed by atoms with Gasteiger partial charge in [0.25, 0.3) is 0 Å². The molecule has 0 aromatic carbocycles. The van der Waals surface area contributed by atoms with Crippen LogP contribution < -0.4 is 0 Å². The van der Waals surface area contributed by atoms with E-state index in [2.05, 4.69) is 11.8 Å². The first kappa shape index (κ1) is 14.8. The molecule has 0 aromatic rings. The number of rotatable bonds is 7. The van der Waals surface area contributed by atoms with Crippen LogP contribution in [0.15, 0.2) is 0 Å². The second-order valence-corrected chi connectivity index (χ2v) is 5.51. The zero-order valence-corrected chi connectivity index (χ0v) is 11.8. The number of nitrogens with zero attached hydrogens (tertiary/aromatic N) is 1. The Hall–Kier alpha value is -0.240. The lowest BCUT2D eigenvalue weighted by Crippen LogP contribution is -2.39. The molecular formula is C14H26ClNO. The first-order valence-corrected chi connectivity index (χ1v) is 7.65. The maximum atomic E-state index is 12.0. The minimum Gasteiger partial charge on any atom is -0.342 e. The number of piperidine rings is 1. The highest BCUT2D eigenvalue weighted by molar-refractivity contribution is 6.17. The molecule has 1 amide bonds. The summed E-state index contributed by atoms with van der Waals surface area (Å²) < 4.78 is 0. The van der Waals surface area contributed by atoms with Crippen LogP contribution in [0.2, 0.25) is 0 Å². The molecule has 1 unspecified atom stereocenters. The van der Waals surface area contributed by atoms with Crippen molar-refractivity contribution in [2.75, 3.05) is 19.0 Å². The minimum atomic E-state index is 0.361. The zero-order chi connectivity index (χ0) is 12.5. The standard InChI is InChI=1S/C14H26ClNO/c1-2-3-4-5-8-14(17)16-11-6-7-13(12-16)9-10-15/h13H,2-12H2,1H3. The van der Waals surface area contributed by atoms with Gasteiger partial charge in [0.05, 0.1) is 0 Å². The third-order valence-corrected chi connectivity index (χ3v) is 3.85. The fraction of sp³-hybridized carbons (Fsp3) is 0.929. The van der Waals surface area contributed by atoms with Crippen LogP contribution in [-0.4, -0.2) is 29.8 Å². The average Bonchev–Trinajstić information content (AvgIpc) is 2.35. The molecule has 0 radical (unpaired) electrons. The van der Waals surface area contributed by atoms with E-state index in [1.54, 1.807) is 0 Å². The minimum absolute atomic E-state index is 0.361. The van der Waals surface area contributed by atoms with Crippen molar-refractivity contribution < 1.29 is 4.79 Å². The maximum absolute atomic E-state index is 12.0. The number of halogens is 1. The second kappa shape index (κ2) is 8.79. The molecule has 0 spiro atoms. The molecule has 0 bridgehead atoms. The van der Waals surface area contributed by atoms with Crippen molar-refractivity contribution >= 4 is 17.5 Å². The molecule has 1 rings (SSSR count). The van der Waals surface area contributed by atoms with Crippen molar-refractivity contribution in [1.29, 1.82) is 0 Å². The first-order chi connectivity index (χ1) is 8.27. The Balaban J connectivity index is 2.21. The third kappa shape index (κ3) is 5.76. The number of unbranched alkanes of at least 4 members (excludes halogenated alkanes) is 3. The van der Waals surface area contributed by atoms with Crippen LogP contribution in [-0.2, 0) is 4.79 Å². The molecule has 1 aliphatic heterocycles. The predicted molar refractivity (Wildman–Crippen MR) is 73.4 cm³/mol. The summed E-state index contributed by atoms with van der Waals surface area (Å²) in [5, 5.41) is 0. The van der Waals surface area contributed by atoms with E-state index in [0.717, 1.165) is 44.7 Å². The molecule has 1 heterocycles. The quantitative estimate of drug-likeness (QED) is 0.503. The monoisotopic (exact) mass is 259 g/mol. The van der Waals surface area contributed by atoms with Crippen LogP contribution >= 0.6 is 11.6 Å². The number of hydrogen-bond donors (Lipinski definition) is 0. The summed E-state index contributed by atoms with van der Waals surface area (Å²) >= 11 is 5.78. The Morgan fingerprint density at radius 2 is 2.18 bits per heavy atom. The van der Waals surface area contributed by atoms with Gasteiger partial charge in [-0.1, -0.05) is 26.2 Å². The summed E-state index contributed by atoms with van der Waals surface area (Å²) in [4.78, 5) is 14.1. The van der Waals surface area contributed by atoms with E-state index in [-0.39, 0.29) is 0 Å². The van der Waals surface area contributed by atoms with Gasteiger partial charge >= 0.3 is 0 Å². The predicted octanol–water partition coefficient (Wildman–Crippen LogP) is 3.82. The number of amides is 1. The van der Waals surface area contributed by atoms with Crippen molar-refractivity contribution in [3.8, 4) is 0 Å². The average molecular weight is 260 g/mol. The number of alkyl halides is 1. The van der Waals surface area contributed by atoms with E-state index in [1.807, 2.05) is 0 Å². The number of hydrogen-bond acceptors (Lipinski definition) is 1. The molecule has 3 heteroatoms. The van der Waals surface area contributed by atoms with Gasteiger partial charge in [-0.3, -0.25) is 4.79 Å². The molecule has 0 aliphatic carbocycles. The summed E-state index contributed by atoms with van der Waals surface area (Å²) in [7, 11) is 0.